The molecule has 4 heteroatoms. The number of carbonyl (C=O) groups excluding carboxylic acids is 1. The maximum atomic E-state index is 12.3. The molecule has 4 nitrogen and oxygen atoms in total. The number of hydrogen-bond donors (Lipinski definition) is 0. The van der Waals surface area contributed by atoms with E-state index in [1.807, 2.05) is 6.07 Å². The minimum absolute atomic E-state index is 0.0669. The molecule has 0 bridgehead atoms. The predicted octanol–water partition coefficient (Wildman–Crippen LogP) is 3.39. The summed E-state index contributed by atoms with van der Waals surface area (Å²) in [5.41, 5.74) is 2.22. The lowest BCUT2D eigenvalue weighted by molar-refractivity contribution is 0.0817. The lowest BCUT2D eigenvalue weighted by Gasteiger charge is -2.30. The molecule has 1 heterocycles. The summed E-state index contributed by atoms with van der Waals surface area (Å²) in [6.45, 7) is 12.8. The highest BCUT2D eigenvalue weighted by Gasteiger charge is 2.30. The minimum atomic E-state index is -0.143. The van der Waals surface area contributed by atoms with E-state index in [9.17, 15) is 4.79 Å². The zero-order valence-corrected chi connectivity index (χ0v) is 14.8. The van der Waals surface area contributed by atoms with Crippen LogP contribution in [0.25, 0.3) is 0 Å². The first-order valence-corrected chi connectivity index (χ1v) is 7.21. The molecule has 0 fully saturated rings. The minimum Gasteiger partial charge on any atom is -0.494 e. The molecule has 1 amide bonds. The van der Waals surface area contributed by atoms with Gasteiger partial charge in [-0.2, -0.15) is 0 Å². The van der Waals surface area contributed by atoms with Crippen molar-refractivity contribution in [2.45, 2.75) is 52.4 Å². The molecular weight excluding hydrogens is 264 g/mol. The second-order valence-electron chi connectivity index (χ2n) is 7.63. The van der Waals surface area contributed by atoms with Gasteiger partial charge in [0.15, 0.2) is 11.4 Å². The molecule has 0 spiro atoms. The molecule has 0 aromatic carbocycles. The van der Waals surface area contributed by atoms with Crippen LogP contribution in [-0.2, 0) is 10.8 Å². The molecule has 0 N–H and O–H groups in total. The summed E-state index contributed by atoms with van der Waals surface area (Å²) >= 11 is 0. The maximum Gasteiger partial charge on any atom is 0.275 e. The Morgan fingerprint density at radius 3 is 1.95 bits per heavy atom. The second-order valence-corrected chi connectivity index (χ2v) is 7.63. The van der Waals surface area contributed by atoms with Crippen molar-refractivity contribution < 1.29 is 9.53 Å². The topological polar surface area (TPSA) is 42.4 Å². The van der Waals surface area contributed by atoms with Crippen LogP contribution in [0.4, 0.5) is 0 Å². The molecule has 0 saturated heterocycles. The average molecular weight is 292 g/mol. The zero-order chi connectivity index (χ0) is 16.6. The molecule has 0 unspecified atom stereocenters. The summed E-state index contributed by atoms with van der Waals surface area (Å²) in [6.07, 6.45) is 0. The molecule has 0 atom stereocenters. The van der Waals surface area contributed by atoms with Crippen LogP contribution in [0.2, 0.25) is 0 Å². The third kappa shape index (κ3) is 3.74. The van der Waals surface area contributed by atoms with Crippen molar-refractivity contribution in [3.05, 3.63) is 23.0 Å². The Bertz CT molecular complexity index is 535. The lowest BCUT2D eigenvalue weighted by atomic mass is 9.78. The Morgan fingerprint density at radius 2 is 1.62 bits per heavy atom. The zero-order valence-electron chi connectivity index (χ0n) is 14.8. The molecular formula is C17H28N2O2. The van der Waals surface area contributed by atoms with Gasteiger partial charge in [-0.15, -0.1) is 0 Å². The van der Waals surface area contributed by atoms with Crippen molar-refractivity contribution >= 4 is 5.91 Å². The third-order valence-corrected chi connectivity index (χ3v) is 3.33. The van der Waals surface area contributed by atoms with Gasteiger partial charge in [-0.05, 0) is 17.0 Å². The molecule has 0 radical (unpaired) electrons. The smallest absolute Gasteiger partial charge is 0.275 e. The Morgan fingerprint density at radius 1 is 1.10 bits per heavy atom. The summed E-state index contributed by atoms with van der Waals surface area (Å²) in [7, 11) is 5.02. The first-order chi connectivity index (χ1) is 9.39. The van der Waals surface area contributed by atoms with Crippen molar-refractivity contribution in [3.8, 4) is 5.75 Å². The van der Waals surface area contributed by atoms with Crippen LogP contribution in [-0.4, -0.2) is 37.0 Å². The summed E-state index contributed by atoms with van der Waals surface area (Å²) < 4.78 is 5.41. The van der Waals surface area contributed by atoms with Crippen LogP contribution in [0.3, 0.4) is 0 Å². The molecule has 1 rings (SSSR count). The third-order valence-electron chi connectivity index (χ3n) is 3.33. The van der Waals surface area contributed by atoms with Crippen molar-refractivity contribution in [1.82, 2.24) is 9.88 Å². The molecule has 21 heavy (non-hydrogen) atoms. The summed E-state index contributed by atoms with van der Waals surface area (Å²) in [4.78, 5) is 18.6. The second kappa shape index (κ2) is 5.66. The van der Waals surface area contributed by atoms with Gasteiger partial charge in [0.1, 0.15) is 0 Å². The van der Waals surface area contributed by atoms with Gasteiger partial charge in [0.25, 0.3) is 5.91 Å². The highest BCUT2D eigenvalue weighted by atomic mass is 16.5. The Hall–Kier alpha value is -1.58. The summed E-state index contributed by atoms with van der Waals surface area (Å²) in [5.74, 6) is 0.393. The monoisotopic (exact) mass is 292 g/mol. The van der Waals surface area contributed by atoms with Gasteiger partial charge < -0.3 is 9.64 Å². The standard InChI is InChI=1S/C17H28N2O2/c1-16(2,3)11-10-12(21-9)13(15(20)19(7)8)18-14(11)17(4,5)6/h10H,1-9H3. The van der Waals surface area contributed by atoms with Crippen LogP contribution in [0.5, 0.6) is 5.75 Å². The lowest BCUT2D eigenvalue weighted by Crippen LogP contribution is -2.28. The fourth-order valence-corrected chi connectivity index (χ4v) is 2.16. The van der Waals surface area contributed by atoms with Gasteiger partial charge in [-0.1, -0.05) is 41.5 Å². The van der Waals surface area contributed by atoms with Gasteiger partial charge in [-0.25, -0.2) is 4.98 Å². The van der Waals surface area contributed by atoms with Crippen molar-refractivity contribution in [3.63, 3.8) is 0 Å². The first-order valence-electron chi connectivity index (χ1n) is 7.21. The van der Waals surface area contributed by atoms with Crippen molar-refractivity contribution in [2.75, 3.05) is 21.2 Å². The summed E-state index contributed by atoms with van der Waals surface area (Å²) in [5, 5.41) is 0. The molecule has 1 aromatic rings. The molecule has 1 aromatic heterocycles. The number of amides is 1. The van der Waals surface area contributed by atoms with Crippen LogP contribution < -0.4 is 4.74 Å². The van der Waals surface area contributed by atoms with Crippen LogP contribution in [0, 0.1) is 0 Å². The number of nitrogens with zero attached hydrogens (tertiary/aromatic N) is 2. The van der Waals surface area contributed by atoms with E-state index in [4.69, 9.17) is 4.74 Å². The fraction of sp³-hybridized carbons (Fsp3) is 0.647. The largest absolute Gasteiger partial charge is 0.494 e. The Kier molecular flexibility index (Phi) is 4.71. The molecule has 0 aliphatic rings. The SMILES string of the molecule is COc1cc(C(C)(C)C)c(C(C)(C)C)nc1C(=O)N(C)C. The number of pyridine rings is 1. The molecule has 0 aliphatic heterocycles. The van der Waals surface area contributed by atoms with E-state index in [0.717, 1.165) is 11.3 Å². The number of aromatic nitrogens is 1. The van der Waals surface area contributed by atoms with Gasteiger partial charge in [0.05, 0.1) is 12.8 Å². The Balaban J connectivity index is 3.68. The van der Waals surface area contributed by atoms with E-state index in [1.54, 1.807) is 21.2 Å². The highest BCUT2D eigenvalue weighted by molar-refractivity contribution is 5.94. The van der Waals surface area contributed by atoms with E-state index in [2.05, 4.69) is 46.5 Å². The quantitative estimate of drug-likeness (QED) is 0.839. The number of carbonyl (C=O) groups is 1. The van der Waals surface area contributed by atoms with E-state index >= 15 is 0 Å². The molecule has 118 valence electrons. The van der Waals surface area contributed by atoms with Gasteiger partial charge in [0.2, 0.25) is 0 Å². The van der Waals surface area contributed by atoms with Gasteiger partial charge in [-0.3, -0.25) is 4.79 Å². The highest BCUT2D eigenvalue weighted by Crippen LogP contribution is 2.36. The van der Waals surface area contributed by atoms with E-state index in [-0.39, 0.29) is 16.7 Å². The number of methoxy groups -OCH3 is 1. The van der Waals surface area contributed by atoms with Gasteiger partial charge in [0, 0.05) is 19.5 Å². The average Bonchev–Trinajstić information content (AvgIpc) is 2.33. The van der Waals surface area contributed by atoms with Crippen LogP contribution in [0.15, 0.2) is 6.07 Å². The maximum absolute atomic E-state index is 12.3. The van der Waals surface area contributed by atoms with Crippen LogP contribution >= 0.6 is 0 Å². The van der Waals surface area contributed by atoms with Crippen molar-refractivity contribution in [2.24, 2.45) is 0 Å². The Labute approximate surface area is 128 Å². The van der Waals surface area contributed by atoms with E-state index in [1.165, 1.54) is 4.90 Å². The number of ether oxygens (including phenoxy) is 1. The fourth-order valence-electron chi connectivity index (χ4n) is 2.16. The van der Waals surface area contributed by atoms with Gasteiger partial charge >= 0.3 is 0 Å². The first kappa shape index (κ1) is 17.5. The molecule has 0 saturated carbocycles. The van der Waals surface area contributed by atoms with Crippen molar-refractivity contribution in [1.29, 1.82) is 0 Å². The van der Waals surface area contributed by atoms with E-state index in [0.29, 0.717) is 11.4 Å². The molecule has 0 aliphatic carbocycles. The van der Waals surface area contributed by atoms with Crippen LogP contribution in [0.1, 0.15) is 63.3 Å². The summed E-state index contributed by atoms with van der Waals surface area (Å²) in [6, 6.07) is 1.96. The number of rotatable bonds is 2. The predicted molar refractivity (Wildman–Crippen MR) is 86.2 cm³/mol. The normalized spacial score (nSPS) is 12.2. The van der Waals surface area contributed by atoms with E-state index < -0.39 is 0 Å². The number of hydrogen-bond acceptors (Lipinski definition) is 3.